The van der Waals surface area contributed by atoms with Gasteiger partial charge in [0.15, 0.2) is 0 Å². The summed E-state index contributed by atoms with van der Waals surface area (Å²) < 4.78 is 5.39. The minimum absolute atomic E-state index is 0.0205. The fourth-order valence-electron chi connectivity index (χ4n) is 4.25. The monoisotopic (exact) mass is 542 g/mol. The molecular formula is C30H38N8O2. The maximum Gasteiger partial charge on any atom is 0.237 e. The predicted octanol–water partition coefficient (Wildman–Crippen LogP) is 4.57. The average Bonchev–Trinajstić information content (AvgIpc) is 2.97. The highest BCUT2D eigenvalue weighted by Gasteiger charge is 2.09. The molecule has 2 aromatic carbocycles. The molecule has 0 spiro atoms. The predicted molar refractivity (Wildman–Crippen MR) is 162 cm³/mol. The second-order valence-corrected chi connectivity index (χ2v) is 9.49. The minimum Gasteiger partial charge on any atom is -0.508 e. The number of aromatic hydroxyl groups is 1. The van der Waals surface area contributed by atoms with E-state index >= 15 is 0 Å². The Bertz CT molecular complexity index is 1270. The molecule has 0 saturated carbocycles. The van der Waals surface area contributed by atoms with E-state index in [1.165, 1.54) is 0 Å². The molecule has 40 heavy (non-hydrogen) atoms. The Morgan fingerprint density at radius 2 is 1.88 bits per heavy atom. The fourth-order valence-corrected chi connectivity index (χ4v) is 4.25. The first-order chi connectivity index (χ1) is 19.6. The third-order valence-corrected chi connectivity index (χ3v) is 6.32. The van der Waals surface area contributed by atoms with Crippen LogP contribution >= 0.6 is 0 Å². The number of morpholine rings is 1. The highest BCUT2D eigenvalue weighted by atomic mass is 16.5. The van der Waals surface area contributed by atoms with Gasteiger partial charge in [-0.1, -0.05) is 31.2 Å². The summed E-state index contributed by atoms with van der Waals surface area (Å²) >= 11 is 0. The van der Waals surface area contributed by atoms with Crippen LogP contribution in [0.5, 0.6) is 5.75 Å². The van der Waals surface area contributed by atoms with E-state index in [1.54, 1.807) is 24.5 Å². The van der Waals surface area contributed by atoms with Gasteiger partial charge in [0.1, 0.15) is 11.6 Å². The Hall–Kier alpha value is -4.28. The van der Waals surface area contributed by atoms with Crippen LogP contribution in [0, 0.1) is 5.41 Å². The zero-order valence-electron chi connectivity index (χ0n) is 22.9. The number of ether oxygens (including phenoxy) is 1. The molecule has 1 aromatic heterocycles. The normalized spacial score (nSPS) is 14.3. The van der Waals surface area contributed by atoms with E-state index in [2.05, 4.69) is 43.0 Å². The Balaban J connectivity index is 1.22. The van der Waals surface area contributed by atoms with Crippen molar-refractivity contribution in [3.05, 3.63) is 72.6 Å². The fraction of sp³-hybridized carbons (Fsp3) is 0.333. The van der Waals surface area contributed by atoms with Crippen molar-refractivity contribution in [1.29, 1.82) is 5.41 Å². The first-order valence-electron chi connectivity index (χ1n) is 13.7. The van der Waals surface area contributed by atoms with Crippen LogP contribution in [0.15, 0.2) is 77.0 Å². The van der Waals surface area contributed by atoms with Crippen LogP contribution in [0.4, 0.5) is 11.4 Å². The molecule has 210 valence electrons. The summed E-state index contributed by atoms with van der Waals surface area (Å²) in [7, 11) is 0. The van der Waals surface area contributed by atoms with Gasteiger partial charge in [-0.05, 0) is 66.9 Å². The summed E-state index contributed by atoms with van der Waals surface area (Å²) in [5, 5.41) is 28.6. The largest absolute Gasteiger partial charge is 0.508 e. The van der Waals surface area contributed by atoms with Crippen LogP contribution in [0.25, 0.3) is 11.1 Å². The number of phenols is 1. The number of anilines is 2. The molecule has 1 aliphatic heterocycles. The minimum atomic E-state index is -0.0205. The quantitative estimate of drug-likeness (QED) is 0.104. The van der Waals surface area contributed by atoms with Crippen molar-refractivity contribution in [3.8, 4) is 16.9 Å². The topological polar surface area (TPSA) is 130 Å². The van der Waals surface area contributed by atoms with Crippen LogP contribution in [0.1, 0.15) is 31.9 Å². The zero-order chi connectivity index (χ0) is 28.0. The van der Waals surface area contributed by atoms with Crippen molar-refractivity contribution in [3.63, 3.8) is 0 Å². The van der Waals surface area contributed by atoms with Crippen LogP contribution in [-0.4, -0.2) is 72.4 Å². The number of benzene rings is 2. The van der Waals surface area contributed by atoms with Crippen molar-refractivity contribution in [1.82, 2.24) is 20.6 Å². The van der Waals surface area contributed by atoms with Crippen LogP contribution < -0.4 is 16.1 Å². The molecular weight excluding hydrogens is 504 g/mol. The molecule has 0 amide bonds. The molecule has 0 aliphatic carbocycles. The van der Waals surface area contributed by atoms with Gasteiger partial charge in [0, 0.05) is 31.7 Å². The van der Waals surface area contributed by atoms with E-state index in [0.717, 1.165) is 87.0 Å². The molecule has 10 nitrogen and oxygen atoms in total. The van der Waals surface area contributed by atoms with E-state index in [1.807, 2.05) is 48.5 Å². The molecule has 1 fully saturated rings. The molecule has 0 atom stereocenters. The number of nitrogens with zero attached hydrogens (tertiary/aromatic N) is 4. The third kappa shape index (κ3) is 9.48. The first kappa shape index (κ1) is 28.7. The number of phenolic OH excluding ortho intramolecular Hbond substituents is 1. The summed E-state index contributed by atoms with van der Waals surface area (Å²) in [4.78, 5) is 11.2. The first-order valence-corrected chi connectivity index (χ1v) is 13.7. The lowest BCUT2D eigenvalue weighted by Crippen LogP contribution is -2.38. The Morgan fingerprint density at radius 3 is 2.60 bits per heavy atom. The highest BCUT2D eigenvalue weighted by Crippen LogP contribution is 2.25. The molecule has 5 N–H and O–H groups in total. The van der Waals surface area contributed by atoms with Gasteiger partial charge < -0.3 is 20.5 Å². The molecule has 0 radical (unpaired) electrons. The number of amidine groups is 1. The number of aliphatic imine (C=N–C) groups is 1. The lowest BCUT2D eigenvalue weighted by atomic mass is 10.1. The number of pyridine rings is 1. The van der Waals surface area contributed by atoms with E-state index in [4.69, 9.17) is 10.1 Å². The van der Waals surface area contributed by atoms with E-state index in [-0.39, 0.29) is 11.7 Å². The van der Waals surface area contributed by atoms with Gasteiger partial charge >= 0.3 is 0 Å². The van der Waals surface area contributed by atoms with Crippen molar-refractivity contribution >= 4 is 29.4 Å². The smallest absolute Gasteiger partial charge is 0.237 e. The molecule has 2 heterocycles. The van der Waals surface area contributed by atoms with Gasteiger partial charge in [-0.3, -0.25) is 15.3 Å². The Labute approximate surface area is 235 Å². The molecule has 0 unspecified atom stereocenters. The SMILES string of the molecule is CCC/C(=N\C(=N)N/N=C/c1ccc(Nc2ccc(-c3cccc(O)c3)cc2)cn1)NCCCN1CCOCC1. The van der Waals surface area contributed by atoms with Gasteiger partial charge in [-0.15, -0.1) is 0 Å². The van der Waals surface area contributed by atoms with Crippen molar-refractivity contribution in [2.45, 2.75) is 26.2 Å². The maximum absolute atomic E-state index is 9.70. The summed E-state index contributed by atoms with van der Waals surface area (Å²) in [6, 6.07) is 18.9. The summed E-state index contributed by atoms with van der Waals surface area (Å²) in [5.74, 6) is 1.02. The van der Waals surface area contributed by atoms with Crippen molar-refractivity contribution in [2.75, 3.05) is 44.7 Å². The summed E-state index contributed by atoms with van der Waals surface area (Å²) in [5.41, 5.74) is 7.08. The second kappa shape index (κ2) is 15.3. The van der Waals surface area contributed by atoms with E-state index < -0.39 is 0 Å². The van der Waals surface area contributed by atoms with Crippen molar-refractivity contribution in [2.24, 2.45) is 10.1 Å². The van der Waals surface area contributed by atoms with E-state index in [0.29, 0.717) is 5.69 Å². The number of guanidine groups is 1. The number of nitrogens with one attached hydrogen (secondary N) is 4. The molecule has 0 bridgehead atoms. The molecule has 10 heteroatoms. The second-order valence-electron chi connectivity index (χ2n) is 9.49. The number of hydrazone groups is 1. The van der Waals surface area contributed by atoms with Gasteiger partial charge in [-0.2, -0.15) is 10.1 Å². The summed E-state index contributed by atoms with van der Waals surface area (Å²) in [6.07, 6.45) is 6.03. The van der Waals surface area contributed by atoms with Crippen LogP contribution in [-0.2, 0) is 4.74 Å². The lowest BCUT2D eigenvalue weighted by molar-refractivity contribution is 0.0376. The maximum atomic E-state index is 9.70. The zero-order valence-corrected chi connectivity index (χ0v) is 22.9. The number of hydrogen-bond acceptors (Lipinski definition) is 7. The van der Waals surface area contributed by atoms with Crippen LogP contribution in [0.3, 0.4) is 0 Å². The molecule has 3 aromatic rings. The lowest BCUT2D eigenvalue weighted by Gasteiger charge is -2.26. The highest BCUT2D eigenvalue weighted by molar-refractivity contribution is 5.95. The van der Waals surface area contributed by atoms with Gasteiger partial charge in [0.25, 0.3) is 0 Å². The average molecular weight is 543 g/mol. The third-order valence-electron chi connectivity index (χ3n) is 6.32. The van der Waals surface area contributed by atoms with Crippen LogP contribution in [0.2, 0.25) is 0 Å². The number of rotatable bonds is 11. The van der Waals surface area contributed by atoms with Crippen molar-refractivity contribution < 1.29 is 9.84 Å². The standard InChI is InChI=1S/C30H38N8O2/c1-2-5-29(32-14-4-15-38-16-18-40-19-17-38)36-30(31)37-34-22-26-12-13-27(21-33-26)35-25-10-8-23(9-11-25)24-6-3-7-28(39)20-24/h3,6-13,20-22,35,39H,2,4-5,14-19H2,1H3,(H3,31,32,36,37)/b34-22+. The Kier molecular flexibility index (Phi) is 11.0. The number of hydrogen-bond donors (Lipinski definition) is 5. The molecule has 1 saturated heterocycles. The van der Waals surface area contributed by atoms with E-state index in [9.17, 15) is 5.11 Å². The van der Waals surface area contributed by atoms with Gasteiger partial charge in [0.2, 0.25) is 5.96 Å². The number of aromatic nitrogens is 1. The summed E-state index contributed by atoms with van der Waals surface area (Å²) in [6.45, 7) is 7.56. The Morgan fingerprint density at radius 1 is 1.07 bits per heavy atom. The molecule has 1 aliphatic rings. The van der Waals surface area contributed by atoms with Gasteiger partial charge in [-0.25, -0.2) is 5.43 Å². The molecule has 4 rings (SSSR count). The van der Waals surface area contributed by atoms with Gasteiger partial charge in [0.05, 0.1) is 37.0 Å².